The second-order valence-corrected chi connectivity index (χ2v) is 14.8. The quantitative estimate of drug-likeness (QED) is 0.136. The van der Waals surface area contributed by atoms with Gasteiger partial charge in [-0.05, 0) is 77.7 Å². The molecule has 0 saturated carbocycles. The molecule has 0 bridgehead atoms. The van der Waals surface area contributed by atoms with Gasteiger partial charge in [0, 0.05) is 85.8 Å². The van der Waals surface area contributed by atoms with E-state index in [2.05, 4.69) is 35.7 Å². The number of likely N-dealkylation sites (N-methyl/N-ethyl adjacent to an activating group) is 1. The summed E-state index contributed by atoms with van der Waals surface area (Å²) in [6, 6.07) is 26.6. The third kappa shape index (κ3) is 10.9. The van der Waals surface area contributed by atoms with Crippen molar-refractivity contribution in [2.45, 2.75) is 12.6 Å². The molecular formula is C46H39Cl3N4O7. The van der Waals surface area contributed by atoms with E-state index in [9.17, 15) is 29.4 Å². The molecule has 8 rings (SSSR count). The Bertz CT molecular complexity index is 2570. The van der Waals surface area contributed by atoms with Crippen LogP contribution in [0.5, 0.6) is 11.5 Å². The summed E-state index contributed by atoms with van der Waals surface area (Å²) < 4.78 is 5.00. The fourth-order valence-corrected chi connectivity index (χ4v) is 6.60. The zero-order chi connectivity index (χ0) is 43.9. The number of ether oxygens (including phenoxy) is 1. The molecule has 4 heterocycles. The minimum atomic E-state index is -1.32. The van der Waals surface area contributed by atoms with Crippen LogP contribution in [0.1, 0.15) is 29.2 Å². The molecule has 5 N–H and O–H groups in total. The average Bonchev–Trinajstić information content (AvgIpc) is 3.90. The van der Waals surface area contributed by atoms with Crippen molar-refractivity contribution >= 4 is 80.7 Å². The van der Waals surface area contributed by atoms with E-state index in [1.807, 2.05) is 24.3 Å². The van der Waals surface area contributed by atoms with Crippen molar-refractivity contribution in [3.63, 3.8) is 0 Å². The highest BCUT2D eigenvalue weighted by Crippen LogP contribution is 2.34. The van der Waals surface area contributed by atoms with Crippen molar-refractivity contribution in [2.75, 3.05) is 14.2 Å². The van der Waals surface area contributed by atoms with Crippen LogP contribution in [0.25, 0.3) is 22.3 Å². The van der Waals surface area contributed by atoms with Gasteiger partial charge in [-0.25, -0.2) is 0 Å². The van der Waals surface area contributed by atoms with Gasteiger partial charge in [0.1, 0.15) is 0 Å². The molecule has 0 saturated heterocycles. The lowest BCUT2D eigenvalue weighted by Gasteiger charge is -2.21. The Morgan fingerprint density at radius 2 is 1.15 bits per heavy atom. The molecule has 1 atom stereocenters. The van der Waals surface area contributed by atoms with Crippen molar-refractivity contribution in [3.8, 4) is 11.5 Å². The second-order valence-electron chi connectivity index (χ2n) is 13.5. The van der Waals surface area contributed by atoms with Gasteiger partial charge in [-0.2, -0.15) is 0 Å². The lowest BCUT2D eigenvalue weighted by Crippen LogP contribution is -2.40. The van der Waals surface area contributed by atoms with Crippen molar-refractivity contribution in [1.82, 2.24) is 20.9 Å². The van der Waals surface area contributed by atoms with Crippen molar-refractivity contribution < 1.29 is 34.1 Å². The van der Waals surface area contributed by atoms with Crippen LogP contribution in [0.4, 0.5) is 0 Å². The number of aliphatic hydroxyl groups is 1. The Hall–Kier alpha value is -6.63. The van der Waals surface area contributed by atoms with E-state index in [0.29, 0.717) is 43.4 Å². The monoisotopic (exact) mass is 864 g/mol. The molecule has 4 aromatic carbocycles. The highest BCUT2D eigenvalue weighted by atomic mass is 35.5. The summed E-state index contributed by atoms with van der Waals surface area (Å²) in [5.74, 6) is -0.225. The fraction of sp³-hybridized carbons (Fsp3) is 0.0870. The molecule has 11 nitrogen and oxygen atoms in total. The summed E-state index contributed by atoms with van der Waals surface area (Å²) in [6.45, 7) is 12.9. The molecule has 4 aliphatic rings. The molecule has 0 aliphatic carbocycles. The van der Waals surface area contributed by atoms with Crippen LogP contribution in [0, 0.1) is 0 Å². The maximum atomic E-state index is 11.4. The van der Waals surface area contributed by atoms with E-state index in [4.69, 9.17) is 39.5 Å². The smallest absolute Gasteiger partial charge is 0.251 e. The highest BCUT2D eigenvalue weighted by molar-refractivity contribution is 6.31. The summed E-state index contributed by atoms with van der Waals surface area (Å²) in [4.78, 5) is 46.2. The van der Waals surface area contributed by atoms with E-state index in [1.165, 1.54) is 43.2 Å². The highest BCUT2D eigenvalue weighted by Gasteiger charge is 2.34. The van der Waals surface area contributed by atoms with Gasteiger partial charge in [0.25, 0.3) is 5.91 Å². The summed E-state index contributed by atoms with van der Waals surface area (Å²) in [5.41, 5.74) is 6.88. The predicted molar refractivity (Wildman–Crippen MR) is 236 cm³/mol. The van der Waals surface area contributed by atoms with Gasteiger partial charge in [-0.1, -0.05) is 97.0 Å². The Kier molecular flexibility index (Phi) is 14.1. The number of aromatic hydroxyl groups is 1. The number of allylic oxidation sites excluding steroid dienone is 3. The number of hydrogen-bond acceptors (Lipinski definition) is 7. The molecule has 14 heteroatoms. The standard InChI is InChI=1S/C12H10ClNO.C12H11NO3.C11H10ClNO2.C11H8ClNO/c1-8-11(7-12(15)14(8)2)9-3-5-10(13)6-4-9;1-7-9(6-12(15)13-7)8-3-4-10(14)11(5-8)16-2;1-11(15)9(6-10(14)13-11)7-3-2-4-8(12)5-7;1-7-10(6-11(14)13-7)8-3-2-4-9(12)5-8/h3-7H,1H2,2H3;3-6,14H,1H2,2H3,(H,13,15);2-6,15H,1H3,(H,13,14);2-6H,1H2,(H,13,14). The Labute approximate surface area is 361 Å². The van der Waals surface area contributed by atoms with Gasteiger partial charge in [0.15, 0.2) is 17.2 Å². The molecule has 4 aromatic rings. The topological polar surface area (TPSA) is 157 Å². The summed E-state index contributed by atoms with van der Waals surface area (Å²) in [5, 5.41) is 28.9. The summed E-state index contributed by atoms with van der Waals surface area (Å²) >= 11 is 17.5. The van der Waals surface area contributed by atoms with Gasteiger partial charge in [-0.3, -0.25) is 19.2 Å². The number of carbonyl (C=O) groups excluding carboxylic acids is 4. The molecule has 306 valence electrons. The normalized spacial score (nSPS) is 17.7. The number of halogens is 3. The maximum Gasteiger partial charge on any atom is 0.251 e. The number of carbonyl (C=O) groups is 4. The number of rotatable bonds is 5. The van der Waals surface area contributed by atoms with Gasteiger partial charge in [0.05, 0.1) is 7.11 Å². The number of benzene rings is 4. The van der Waals surface area contributed by atoms with Crippen molar-refractivity contribution in [1.29, 1.82) is 0 Å². The lowest BCUT2D eigenvalue weighted by atomic mass is 9.99. The van der Waals surface area contributed by atoms with Crippen molar-refractivity contribution in [2.24, 2.45) is 0 Å². The Balaban J connectivity index is 0.000000152. The van der Waals surface area contributed by atoms with Gasteiger partial charge in [-0.15, -0.1) is 0 Å². The molecule has 0 spiro atoms. The average molecular weight is 866 g/mol. The molecule has 1 unspecified atom stereocenters. The number of amides is 4. The van der Waals surface area contributed by atoms with E-state index in [0.717, 1.165) is 39.1 Å². The van der Waals surface area contributed by atoms with E-state index in [-0.39, 0.29) is 29.4 Å². The first-order valence-electron chi connectivity index (χ1n) is 17.9. The molecule has 4 aliphatic heterocycles. The maximum absolute atomic E-state index is 11.4. The lowest BCUT2D eigenvalue weighted by molar-refractivity contribution is -0.122. The SMILES string of the molecule is C=C1C(c2ccc(Cl)cc2)=CC(=O)N1C.C=C1NC(=O)C=C1c1ccc(O)c(OC)c1.C=C1NC(=O)C=C1c1cccc(Cl)c1.CC1(O)NC(=O)C=C1c1cccc(Cl)c1. The van der Waals surface area contributed by atoms with Crippen LogP contribution in [-0.2, 0) is 19.2 Å². The predicted octanol–water partition coefficient (Wildman–Crippen LogP) is 8.07. The fourth-order valence-electron chi connectivity index (χ4n) is 6.09. The number of phenolic OH excluding ortho intramolecular Hbond substituents is 1. The second kappa shape index (κ2) is 19.0. The van der Waals surface area contributed by atoms with Crippen LogP contribution in [0.3, 0.4) is 0 Å². The number of nitrogens with zero attached hydrogens (tertiary/aromatic N) is 1. The number of nitrogens with one attached hydrogen (secondary N) is 3. The third-order valence-corrected chi connectivity index (χ3v) is 9.87. The van der Waals surface area contributed by atoms with Gasteiger partial charge < -0.3 is 35.8 Å². The van der Waals surface area contributed by atoms with E-state index in [1.54, 1.807) is 73.8 Å². The third-order valence-electron chi connectivity index (χ3n) is 9.15. The zero-order valence-corrected chi connectivity index (χ0v) is 34.9. The van der Waals surface area contributed by atoms with Crippen LogP contribution in [0.15, 0.2) is 152 Å². The van der Waals surface area contributed by atoms with Crippen LogP contribution >= 0.6 is 34.8 Å². The zero-order valence-electron chi connectivity index (χ0n) is 32.6. The molecule has 0 aromatic heterocycles. The van der Waals surface area contributed by atoms with E-state index < -0.39 is 5.72 Å². The summed E-state index contributed by atoms with van der Waals surface area (Å²) in [6.07, 6.45) is 5.96. The van der Waals surface area contributed by atoms with E-state index >= 15 is 0 Å². The van der Waals surface area contributed by atoms with Gasteiger partial charge >= 0.3 is 0 Å². The molecular weight excluding hydrogens is 827 g/mol. The molecule has 0 radical (unpaired) electrons. The first-order valence-corrected chi connectivity index (χ1v) is 19.0. The number of phenols is 1. The summed E-state index contributed by atoms with van der Waals surface area (Å²) in [7, 11) is 3.18. The van der Waals surface area contributed by atoms with Crippen LogP contribution < -0.4 is 20.7 Å². The van der Waals surface area contributed by atoms with Gasteiger partial charge in [0.2, 0.25) is 17.7 Å². The first-order chi connectivity index (χ1) is 28.4. The molecule has 4 amide bonds. The minimum Gasteiger partial charge on any atom is -0.504 e. The van der Waals surface area contributed by atoms with Crippen LogP contribution in [0.2, 0.25) is 15.1 Å². The Morgan fingerprint density at radius 3 is 1.60 bits per heavy atom. The number of hydrogen-bond donors (Lipinski definition) is 5. The Morgan fingerprint density at radius 1 is 0.633 bits per heavy atom. The molecule has 60 heavy (non-hydrogen) atoms. The minimum absolute atomic E-state index is 0.0371. The molecule has 0 fully saturated rings. The van der Waals surface area contributed by atoms with Crippen LogP contribution in [-0.4, -0.2) is 58.6 Å². The number of methoxy groups -OCH3 is 1. The largest absolute Gasteiger partial charge is 0.504 e. The van der Waals surface area contributed by atoms with Crippen molar-refractivity contribution in [3.05, 3.63) is 189 Å². The first kappa shape index (κ1) is 44.5.